The molecule has 1 saturated carbocycles. The van der Waals surface area contributed by atoms with Gasteiger partial charge in [0.1, 0.15) is 0 Å². The summed E-state index contributed by atoms with van der Waals surface area (Å²) in [5, 5.41) is 11.8. The van der Waals surface area contributed by atoms with E-state index in [1.807, 2.05) is 0 Å². The molecule has 1 aliphatic rings. The van der Waals surface area contributed by atoms with Gasteiger partial charge in [0.25, 0.3) is 0 Å². The summed E-state index contributed by atoms with van der Waals surface area (Å²) in [5.41, 5.74) is 0.0196. The van der Waals surface area contributed by atoms with Crippen molar-refractivity contribution in [3.05, 3.63) is 22.4 Å². The number of thiophene rings is 1. The quantitative estimate of drug-likeness (QED) is 0.217. The van der Waals surface area contributed by atoms with Crippen LogP contribution >= 0.6 is 35.3 Å². The number of nitrogens with zero attached hydrogens (tertiary/aromatic N) is 1. The summed E-state index contributed by atoms with van der Waals surface area (Å²) in [6.07, 6.45) is 5.74. The molecule has 7 heteroatoms. The monoisotopic (exact) mass is 506 g/mol. The zero-order valence-corrected chi connectivity index (χ0v) is 20.0. The van der Waals surface area contributed by atoms with E-state index in [1.54, 1.807) is 11.3 Å². The molecule has 1 heterocycles. The van der Waals surface area contributed by atoms with Gasteiger partial charge in [-0.1, -0.05) is 39.2 Å². The molecule has 0 saturated heterocycles. The van der Waals surface area contributed by atoms with E-state index < -0.39 is 0 Å². The van der Waals surface area contributed by atoms with Gasteiger partial charge in [-0.15, -0.1) is 35.3 Å². The Bertz CT molecular complexity index is 569. The molecule has 2 rings (SSSR count). The molecular formula is C20H35IN4OS. The molecule has 1 aromatic heterocycles. The van der Waals surface area contributed by atoms with Gasteiger partial charge in [-0.25, -0.2) is 0 Å². The van der Waals surface area contributed by atoms with Crippen molar-refractivity contribution in [1.29, 1.82) is 0 Å². The predicted molar refractivity (Wildman–Crippen MR) is 126 cm³/mol. The minimum atomic E-state index is 0. The number of nitrogens with one attached hydrogen (secondary N) is 3. The van der Waals surface area contributed by atoms with Gasteiger partial charge < -0.3 is 16.0 Å². The standard InChI is InChI=1S/C20H34N4OS.HI/c1-4-21-19(24-15-20(2,3)17-11-8-14-26-17)23-13-12-22-18(25)16-9-6-5-7-10-16;/h8,11,14,16H,4-7,9-10,12-13,15H2,1-3H3,(H,22,25)(H2,21,23,24);1H. The molecule has 1 amide bonds. The van der Waals surface area contributed by atoms with E-state index in [9.17, 15) is 4.79 Å². The normalized spacial score (nSPS) is 15.7. The van der Waals surface area contributed by atoms with Crippen LogP contribution in [0.5, 0.6) is 0 Å². The highest BCUT2D eigenvalue weighted by Gasteiger charge is 2.22. The Balaban J connectivity index is 0.00000364. The van der Waals surface area contributed by atoms with E-state index in [-0.39, 0.29) is 41.2 Å². The number of hydrogen-bond donors (Lipinski definition) is 3. The average molecular weight is 506 g/mol. The molecule has 0 radical (unpaired) electrons. The van der Waals surface area contributed by atoms with Crippen molar-refractivity contribution in [1.82, 2.24) is 16.0 Å². The minimum Gasteiger partial charge on any atom is -0.357 e. The first kappa shape index (κ1) is 24.2. The Morgan fingerprint density at radius 3 is 2.52 bits per heavy atom. The van der Waals surface area contributed by atoms with Crippen molar-refractivity contribution in [2.24, 2.45) is 10.9 Å². The SMILES string of the molecule is CCNC(=NCC(C)(C)c1cccs1)NCCNC(=O)C1CCCCC1.I. The van der Waals surface area contributed by atoms with Gasteiger partial charge in [-0.3, -0.25) is 9.79 Å². The smallest absolute Gasteiger partial charge is 0.223 e. The number of carbonyl (C=O) groups excluding carboxylic acids is 1. The summed E-state index contributed by atoms with van der Waals surface area (Å²) < 4.78 is 0. The van der Waals surface area contributed by atoms with Gasteiger partial charge in [0.15, 0.2) is 5.96 Å². The molecule has 3 N–H and O–H groups in total. The third-order valence-corrected chi connectivity index (χ3v) is 6.09. The Morgan fingerprint density at radius 2 is 1.89 bits per heavy atom. The fourth-order valence-electron chi connectivity index (χ4n) is 3.24. The summed E-state index contributed by atoms with van der Waals surface area (Å²) >= 11 is 1.78. The number of aliphatic imine (C=N–C) groups is 1. The molecular weight excluding hydrogens is 471 g/mol. The molecule has 0 spiro atoms. The summed E-state index contributed by atoms with van der Waals surface area (Å²) in [6.45, 7) is 9.35. The van der Waals surface area contributed by atoms with Crippen molar-refractivity contribution >= 4 is 47.2 Å². The summed E-state index contributed by atoms with van der Waals surface area (Å²) in [5.74, 6) is 1.24. The second kappa shape index (κ2) is 12.6. The second-order valence-electron chi connectivity index (χ2n) is 7.61. The molecule has 154 valence electrons. The predicted octanol–water partition coefficient (Wildman–Crippen LogP) is 3.90. The van der Waals surface area contributed by atoms with E-state index in [0.717, 1.165) is 31.9 Å². The molecule has 0 atom stereocenters. The fourth-order valence-corrected chi connectivity index (χ4v) is 4.08. The van der Waals surface area contributed by atoms with Crippen LogP contribution in [-0.4, -0.2) is 38.0 Å². The van der Waals surface area contributed by atoms with Gasteiger partial charge >= 0.3 is 0 Å². The third-order valence-electron chi connectivity index (χ3n) is 4.86. The van der Waals surface area contributed by atoms with Crippen LogP contribution in [0.3, 0.4) is 0 Å². The summed E-state index contributed by atoms with van der Waals surface area (Å²) in [6, 6.07) is 4.26. The number of rotatable bonds is 8. The minimum absolute atomic E-state index is 0. The highest BCUT2D eigenvalue weighted by molar-refractivity contribution is 14.0. The molecule has 27 heavy (non-hydrogen) atoms. The van der Waals surface area contributed by atoms with Crippen LogP contribution in [0.1, 0.15) is 57.8 Å². The maximum absolute atomic E-state index is 12.2. The van der Waals surface area contributed by atoms with Crippen molar-refractivity contribution in [2.45, 2.75) is 58.3 Å². The van der Waals surface area contributed by atoms with Gasteiger partial charge in [-0.2, -0.15) is 0 Å². The number of hydrogen-bond acceptors (Lipinski definition) is 3. The van der Waals surface area contributed by atoms with Crippen LogP contribution in [0.2, 0.25) is 0 Å². The molecule has 1 aliphatic carbocycles. The van der Waals surface area contributed by atoms with Crippen LogP contribution in [0.4, 0.5) is 0 Å². The fraction of sp³-hybridized carbons (Fsp3) is 0.700. The Labute approximate surface area is 185 Å². The number of carbonyl (C=O) groups is 1. The van der Waals surface area contributed by atoms with E-state index in [0.29, 0.717) is 13.1 Å². The first-order valence-corrected chi connectivity index (χ1v) is 10.7. The van der Waals surface area contributed by atoms with E-state index in [2.05, 4.69) is 54.2 Å². The molecule has 5 nitrogen and oxygen atoms in total. The molecule has 0 aliphatic heterocycles. The highest BCUT2D eigenvalue weighted by atomic mass is 127. The highest BCUT2D eigenvalue weighted by Crippen LogP contribution is 2.27. The van der Waals surface area contributed by atoms with Crippen LogP contribution < -0.4 is 16.0 Å². The Kier molecular flexibility index (Phi) is 11.3. The van der Waals surface area contributed by atoms with Gasteiger partial charge in [-0.05, 0) is 31.2 Å². The third kappa shape index (κ3) is 8.37. The number of guanidine groups is 1. The van der Waals surface area contributed by atoms with E-state index >= 15 is 0 Å². The van der Waals surface area contributed by atoms with E-state index in [1.165, 1.54) is 24.1 Å². The number of halogens is 1. The topological polar surface area (TPSA) is 65.5 Å². The zero-order valence-electron chi connectivity index (χ0n) is 16.8. The Hall–Kier alpha value is -0.830. The van der Waals surface area contributed by atoms with Crippen LogP contribution in [0, 0.1) is 5.92 Å². The maximum Gasteiger partial charge on any atom is 0.223 e. The van der Waals surface area contributed by atoms with Crippen LogP contribution in [0.25, 0.3) is 0 Å². The second-order valence-corrected chi connectivity index (χ2v) is 8.56. The lowest BCUT2D eigenvalue weighted by molar-refractivity contribution is -0.125. The molecule has 0 bridgehead atoms. The maximum atomic E-state index is 12.2. The van der Waals surface area contributed by atoms with Gasteiger partial charge in [0.2, 0.25) is 5.91 Å². The van der Waals surface area contributed by atoms with Gasteiger partial charge in [0.05, 0.1) is 6.54 Å². The average Bonchev–Trinajstić information content (AvgIpc) is 3.19. The first-order chi connectivity index (χ1) is 12.5. The van der Waals surface area contributed by atoms with Crippen molar-refractivity contribution in [3.8, 4) is 0 Å². The molecule has 0 unspecified atom stereocenters. The molecule has 1 fully saturated rings. The first-order valence-electron chi connectivity index (χ1n) is 9.87. The largest absolute Gasteiger partial charge is 0.357 e. The lowest BCUT2D eigenvalue weighted by Gasteiger charge is -2.22. The zero-order chi connectivity index (χ0) is 18.8. The van der Waals surface area contributed by atoms with Crippen molar-refractivity contribution in [2.75, 3.05) is 26.2 Å². The lowest BCUT2D eigenvalue weighted by Crippen LogP contribution is -2.43. The van der Waals surface area contributed by atoms with Crippen molar-refractivity contribution in [3.63, 3.8) is 0 Å². The molecule has 1 aromatic rings. The Morgan fingerprint density at radius 1 is 1.19 bits per heavy atom. The van der Waals surface area contributed by atoms with Crippen LogP contribution in [-0.2, 0) is 10.2 Å². The van der Waals surface area contributed by atoms with Crippen LogP contribution in [0.15, 0.2) is 22.5 Å². The van der Waals surface area contributed by atoms with E-state index in [4.69, 9.17) is 4.99 Å². The summed E-state index contributed by atoms with van der Waals surface area (Å²) in [4.78, 5) is 18.3. The lowest BCUT2D eigenvalue weighted by atomic mass is 9.89. The number of amides is 1. The summed E-state index contributed by atoms with van der Waals surface area (Å²) in [7, 11) is 0. The van der Waals surface area contributed by atoms with Crippen molar-refractivity contribution < 1.29 is 4.79 Å². The molecule has 0 aromatic carbocycles. The van der Waals surface area contributed by atoms with Gasteiger partial charge in [0, 0.05) is 35.8 Å².